The van der Waals surface area contributed by atoms with Crippen LogP contribution in [0.4, 0.5) is 0 Å². The Labute approximate surface area is 60.7 Å². The van der Waals surface area contributed by atoms with E-state index in [1.807, 2.05) is 0 Å². The van der Waals surface area contributed by atoms with Crippen molar-refractivity contribution in [2.24, 2.45) is 11.8 Å². The summed E-state index contributed by atoms with van der Waals surface area (Å²) in [5.41, 5.74) is 0. The van der Waals surface area contributed by atoms with Gasteiger partial charge in [-0.05, 0) is 24.9 Å². The Balaban J connectivity index is 2.21. The lowest BCUT2D eigenvalue weighted by molar-refractivity contribution is 0.533. The zero-order valence-electron chi connectivity index (χ0n) is 5.71. The van der Waals surface area contributed by atoms with Crippen molar-refractivity contribution < 1.29 is 8.42 Å². The van der Waals surface area contributed by atoms with Crippen molar-refractivity contribution in [1.82, 2.24) is 5.32 Å². The van der Waals surface area contributed by atoms with Gasteiger partial charge in [-0.25, -0.2) is 8.42 Å². The number of nitrogens with one attached hydrogen (secondary N) is 1. The average molecular weight is 161 g/mol. The van der Waals surface area contributed by atoms with E-state index in [1.165, 1.54) is 0 Å². The molecule has 2 aliphatic heterocycles. The third-order valence-electron chi connectivity index (χ3n) is 2.42. The predicted octanol–water partition coefficient (Wildman–Crippen LogP) is -0.750. The van der Waals surface area contributed by atoms with E-state index < -0.39 is 9.84 Å². The Morgan fingerprint density at radius 3 is 2.10 bits per heavy atom. The van der Waals surface area contributed by atoms with Crippen molar-refractivity contribution in [3.05, 3.63) is 0 Å². The van der Waals surface area contributed by atoms with Gasteiger partial charge in [0.25, 0.3) is 0 Å². The number of fused-ring (bicyclic) bond motifs is 1. The maximum Gasteiger partial charge on any atom is 0.150 e. The van der Waals surface area contributed by atoms with Gasteiger partial charge in [0.05, 0.1) is 11.5 Å². The number of sulfone groups is 1. The predicted molar refractivity (Wildman–Crippen MR) is 38.5 cm³/mol. The number of hydrogen-bond acceptors (Lipinski definition) is 3. The Hall–Kier alpha value is -0.0900. The molecular weight excluding hydrogens is 150 g/mol. The van der Waals surface area contributed by atoms with Gasteiger partial charge in [0.15, 0.2) is 9.84 Å². The molecule has 2 saturated heterocycles. The molecule has 0 amide bonds. The fraction of sp³-hybridized carbons (Fsp3) is 1.00. The minimum atomic E-state index is -2.65. The molecule has 0 unspecified atom stereocenters. The summed E-state index contributed by atoms with van der Waals surface area (Å²) in [6, 6.07) is 0. The Kier molecular flexibility index (Phi) is 1.29. The monoisotopic (exact) mass is 161 g/mol. The van der Waals surface area contributed by atoms with Crippen molar-refractivity contribution >= 4 is 9.84 Å². The van der Waals surface area contributed by atoms with Crippen LogP contribution in [0.5, 0.6) is 0 Å². The maximum atomic E-state index is 11.0. The molecule has 2 heterocycles. The van der Waals surface area contributed by atoms with E-state index in [-0.39, 0.29) is 0 Å². The van der Waals surface area contributed by atoms with Gasteiger partial charge in [0, 0.05) is 0 Å². The molecule has 2 rings (SSSR count). The van der Waals surface area contributed by atoms with Crippen LogP contribution >= 0.6 is 0 Å². The average Bonchev–Trinajstić information content (AvgIpc) is 2.20. The van der Waals surface area contributed by atoms with E-state index in [1.54, 1.807) is 0 Å². The van der Waals surface area contributed by atoms with Crippen LogP contribution < -0.4 is 5.32 Å². The van der Waals surface area contributed by atoms with Gasteiger partial charge in [0.1, 0.15) is 0 Å². The van der Waals surface area contributed by atoms with Crippen LogP contribution in [0.25, 0.3) is 0 Å². The van der Waals surface area contributed by atoms with Crippen LogP contribution in [-0.2, 0) is 9.84 Å². The lowest BCUT2D eigenvalue weighted by Gasteiger charge is -2.00. The summed E-state index contributed by atoms with van der Waals surface area (Å²) in [6.07, 6.45) is 0. The van der Waals surface area contributed by atoms with Crippen molar-refractivity contribution in [3.63, 3.8) is 0 Å². The molecule has 0 aromatic heterocycles. The van der Waals surface area contributed by atoms with Crippen LogP contribution in [0.2, 0.25) is 0 Å². The standard InChI is InChI=1S/C6H11NO2S/c8-10(9)3-5-1-7-2-6(5)4-10/h5-7H,1-4H2/t5-,6-/m1/s1. The summed E-state index contributed by atoms with van der Waals surface area (Å²) in [6.45, 7) is 1.81. The van der Waals surface area contributed by atoms with E-state index in [9.17, 15) is 8.42 Å². The van der Waals surface area contributed by atoms with Gasteiger partial charge < -0.3 is 5.32 Å². The molecule has 0 aliphatic carbocycles. The highest BCUT2D eigenvalue weighted by Crippen LogP contribution is 2.27. The Morgan fingerprint density at radius 1 is 1.10 bits per heavy atom. The van der Waals surface area contributed by atoms with Crippen LogP contribution in [0.3, 0.4) is 0 Å². The SMILES string of the molecule is O=S1(=O)C[C@H]2CNC[C@@H]2C1. The molecule has 0 spiro atoms. The molecule has 3 nitrogen and oxygen atoms in total. The van der Waals surface area contributed by atoms with Crippen LogP contribution in [0.1, 0.15) is 0 Å². The highest BCUT2D eigenvalue weighted by molar-refractivity contribution is 7.91. The third kappa shape index (κ3) is 0.953. The van der Waals surface area contributed by atoms with Crippen molar-refractivity contribution in [2.45, 2.75) is 0 Å². The molecule has 0 aromatic carbocycles. The second kappa shape index (κ2) is 1.95. The minimum Gasteiger partial charge on any atom is -0.316 e. The maximum absolute atomic E-state index is 11.0. The first-order valence-electron chi connectivity index (χ1n) is 3.58. The van der Waals surface area contributed by atoms with Crippen molar-refractivity contribution in [1.29, 1.82) is 0 Å². The number of rotatable bonds is 0. The first-order valence-corrected chi connectivity index (χ1v) is 5.41. The molecule has 2 fully saturated rings. The molecule has 4 heteroatoms. The molecular formula is C6H11NO2S. The Morgan fingerprint density at radius 2 is 1.60 bits per heavy atom. The van der Waals surface area contributed by atoms with Gasteiger partial charge in [-0.3, -0.25) is 0 Å². The summed E-state index contributed by atoms with van der Waals surface area (Å²) >= 11 is 0. The Bertz CT molecular complexity index is 216. The molecule has 0 saturated carbocycles. The van der Waals surface area contributed by atoms with Crippen molar-refractivity contribution in [3.8, 4) is 0 Å². The highest BCUT2D eigenvalue weighted by Gasteiger charge is 2.40. The lowest BCUT2D eigenvalue weighted by Crippen LogP contribution is -2.16. The molecule has 2 aliphatic rings. The van der Waals surface area contributed by atoms with Gasteiger partial charge in [-0.2, -0.15) is 0 Å². The topological polar surface area (TPSA) is 46.2 Å². The normalized spacial score (nSPS) is 43.6. The van der Waals surface area contributed by atoms with Crippen LogP contribution in [0, 0.1) is 11.8 Å². The molecule has 0 aromatic rings. The van der Waals surface area contributed by atoms with Gasteiger partial charge >= 0.3 is 0 Å². The van der Waals surface area contributed by atoms with Crippen LogP contribution in [0.15, 0.2) is 0 Å². The summed E-state index contributed by atoms with van der Waals surface area (Å²) in [7, 11) is -2.65. The first-order chi connectivity index (χ1) is 4.67. The summed E-state index contributed by atoms with van der Waals surface area (Å²) in [5, 5.41) is 3.20. The zero-order valence-corrected chi connectivity index (χ0v) is 6.52. The van der Waals surface area contributed by atoms with Crippen LogP contribution in [-0.4, -0.2) is 33.0 Å². The quantitative estimate of drug-likeness (QED) is 0.508. The van der Waals surface area contributed by atoms with E-state index in [4.69, 9.17) is 0 Å². The van der Waals surface area contributed by atoms with Gasteiger partial charge in [-0.15, -0.1) is 0 Å². The smallest absolute Gasteiger partial charge is 0.150 e. The van der Waals surface area contributed by atoms with E-state index in [2.05, 4.69) is 5.32 Å². The molecule has 2 atom stereocenters. The lowest BCUT2D eigenvalue weighted by atomic mass is 10.0. The fourth-order valence-corrected chi connectivity index (χ4v) is 4.12. The summed E-state index contributed by atoms with van der Waals surface area (Å²) in [4.78, 5) is 0. The second-order valence-electron chi connectivity index (χ2n) is 3.26. The summed E-state index contributed by atoms with van der Waals surface area (Å²) < 4.78 is 22.0. The molecule has 0 bridgehead atoms. The minimum absolute atomic E-state index is 0.421. The zero-order chi connectivity index (χ0) is 7.19. The molecule has 0 radical (unpaired) electrons. The largest absolute Gasteiger partial charge is 0.316 e. The van der Waals surface area contributed by atoms with E-state index in [0.29, 0.717) is 23.3 Å². The number of hydrogen-bond donors (Lipinski definition) is 1. The molecule has 1 N–H and O–H groups in total. The van der Waals surface area contributed by atoms with E-state index in [0.717, 1.165) is 13.1 Å². The van der Waals surface area contributed by atoms with E-state index >= 15 is 0 Å². The fourth-order valence-electron chi connectivity index (χ4n) is 1.90. The highest BCUT2D eigenvalue weighted by atomic mass is 32.2. The first kappa shape index (κ1) is 6.61. The molecule has 58 valence electrons. The van der Waals surface area contributed by atoms with Gasteiger partial charge in [-0.1, -0.05) is 0 Å². The van der Waals surface area contributed by atoms with Crippen molar-refractivity contribution in [2.75, 3.05) is 24.6 Å². The van der Waals surface area contributed by atoms with Gasteiger partial charge in [0.2, 0.25) is 0 Å². The molecule has 10 heavy (non-hydrogen) atoms. The summed E-state index contributed by atoms with van der Waals surface area (Å²) in [5.74, 6) is 1.69. The third-order valence-corrected chi connectivity index (χ3v) is 4.29. The second-order valence-corrected chi connectivity index (χ2v) is 5.41.